The van der Waals surface area contributed by atoms with Crippen LogP contribution in [0.5, 0.6) is 0 Å². The van der Waals surface area contributed by atoms with E-state index in [-0.39, 0.29) is 11.1 Å². The van der Waals surface area contributed by atoms with Crippen LogP contribution in [0.1, 0.15) is 15.9 Å². The van der Waals surface area contributed by atoms with Crippen LogP contribution in [0.3, 0.4) is 0 Å². The first-order valence-corrected chi connectivity index (χ1v) is 9.66. The second-order valence-corrected chi connectivity index (χ2v) is 6.86. The second kappa shape index (κ2) is 8.92. The fourth-order valence-corrected chi connectivity index (χ4v) is 3.14. The maximum Gasteiger partial charge on any atom is 0.263 e. The molecule has 30 heavy (non-hydrogen) atoms. The number of anilines is 3. The van der Waals surface area contributed by atoms with Gasteiger partial charge in [0.25, 0.3) is 11.5 Å². The quantitative estimate of drug-likeness (QED) is 0.488. The third-order valence-electron chi connectivity index (χ3n) is 4.67. The number of carbonyl (C=O) groups is 1. The Kier molecular flexibility index (Phi) is 5.71. The van der Waals surface area contributed by atoms with E-state index >= 15 is 0 Å². The van der Waals surface area contributed by atoms with Gasteiger partial charge >= 0.3 is 0 Å². The Morgan fingerprint density at radius 3 is 2.00 bits per heavy atom. The summed E-state index contributed by atoms with van der Waals surface area (Å²) in [6.45, 7) is 0.417. The minimum absolute atomic E-state index is 0.111. The molecule has 0 fully saturated rings. The van der Waals surface area contributed by atoms with E-state index in [0.29, 0.717) is 12.2 Å². The molecule has 5 nitrogen and oxygen atoms in total. The van der Waals surface area contributed by atoms with Crippen molar-refractivity contribution in [1.82, 2.24) is 4.57 Å². The van der Waals surface area contributed by atoms with Gasteiger partial charge in [-0.3, -0.25) is 9.59 Å². The Morgan fingerprint density at radius 2 is 1.30 bits per heavy atom. The number of amides is 1. The molecule has 0 atom stereocenters. The molecule has 0 aliphatic heterocycles. The molecule has 2 N–H and O–H groups in total. The van der Waals surface area contributed by atoms with Crippen molar-refractivity contribution in [2.24, 2.45) is 0 Å². The van der Waals surface area contributed by atoms with Crippen molar-refractivity contribution in [3.8, 4) is 0 Å². The Labute approximate surface area is 174 Å². The third-order valence-corrected chi connectivity index (χ3v) is 4.67. The highest BCUT2D eigenvalue weighted by Gasteiger charge is 2.12. The predicted molar refractivity (Wildman–Crippen MR) is 120 cm³/mol. The van der Waals surface area contributed by atoms with Crippen molar-refractivity contribution in [2.75, 3.05) is 10.6 Å². The van der Waals surface area contributed by atoms with Crippen LogP contribution in [0.2, 0.25) is 0 Å². The standard InChI is InChI=1S/C25H21N3O2/c29-24(23-12-7-17-28(25(23)30)18-19-8-3-1-4-9-19)27-22-15-13-21(14-16-22)26-20-10-5-2-6-11-20/h1-17,26H,18H2,(H,27,29). The first-order valence-electron chi connectivity index (χ1n) is 9.66. The normalized spacial score (nSPS) is 10.4. The van der Waals surface area contributed by atoms with E-state index in [9.17, 15) is 9.59 Å². The zero-order valence-electron chi connectivity index (χ0n) is 16.3. The van der Waals surface area contributed by atoms with Crippen LogP contribution in [0.4, 0.5) is 17.1 Å². The average molecular weight is 395 g/mol. The Hall–Kier alpha value is -4.12. The molecule has 0 saturated carbocycles. The number of hydrogen-bond acceptors (Lipinski definition) is 3. The van der Waals surface area contributed by atoms with E-state index in [1.54, 1.807) is 30.5 Å². The van der Waals surface area contributed by atoms with Gasteiger partial charge in [0, 0.05) is 23.3 Å². The van der Waals surface area contributed by atoms with E-state index in [1.807, 2.05) is 72.8 Å². The van der Waals surface area contributed by atoms with Crippen LogP contribution in [0.15, 0.2) is 108 Å². The van der Waals surface area contributed by atoms with Gasteiger partial charge in [0.05, 0.1) is 6.54 Å². The van der Waals surface area contributed by atoms with Gasteiger partial charge in [0.15, 0.2) is 0 Å². The van der Waals surface area contributed by atoms with Crippen molar-refractivity contribution in [3.63, 3.8) is 0 Å². The van der Waals surface area contributed by atoms with E-state index < -0.39 is 5.91 Å². The molecule has 0 aliphatic carbocycles. The SMILES string of the molecule is O=C(Nc1ccc(Nc2ccccc2)cc1)c1cccn(Cc2ccccc2)c1=O. The molecule has 1 amide bonds. The highest BCUT2D eigenvalue weighted by molar-refractivity contribution is 6.04. The number of aromatic nitrogens is 1. The van der Waals surface area contributed by atoms with Gasteiger partial charge in [-0.25, -0.2) is 0 Å². The molecule has 0 saturated heterocycles. The van der Waals surface area contributed by atoms with Gasteiger partial charge in [-0.15, -0.1) is 0 Å². The molecular weight excluding hydrogens is 374 g/mol. The van der Waals surface area contributed by atoms with E-state index in [4.69, 9.17) is 0 Å². The summed E-state index contributed by atoms with van der Waals surface area (Å²) in [7, 11) is 0. The van der Waals surface area contributed by atoms with Crippen molar-refractivity contribution in [3.05, 3.63) is 125 Å². The Morgan fingerprint density at radius 1 is 0.700 bits per heavy atom. The number of carbonyl (C=O) groups excluding carboxylic acids is 1. The molecule has 0 spiro atoms. The summed E-state index contributed by atoms with van der Waals surface area (Å²) >= 11 is 0. The minimum atomic E-state index is -0.425. The number of hydrogen-bond donors (Lipinski definition) is 2. The summed E-state index contributed by atoms with van der Waals surface area (Å²) in [4.78, 5) is 25.4. The van der Waals surface area contributed by atoms with E-state index in [0.717, 1.165) is 16.9 Å². The summed E-state index contributed by atoms with van der Waals surface area (Å²) in [5, 5.41) is 6.09. The van der Waals surface area contributed by atoms with Crippen LogP contribution >= 0.6 is 0 Å². The second-order valence-electron chi connectivity index (χ2n) is 6.86. The lowest BCUT2D eigenvalue weighted by Gasteiger charge is -2.10. The van der Waals surface area contributed by atoms with Crippen molar-refractivity contribution < 1.29 is 4.79 Å². The molecule has 0 bridgehead atoms. The number of nitrogens with zero attached hydrogens (tertiary/aromatic N) is 1. The summed E-state index contributed by atoms with van der Waals surface area (Å²) in [6.07, 6.45) is 1.69. The first-order chi connectivity index (χ1) is 14.7. The fraction of sp³-hybridized carbons (Fsp3) is 0.0400. The average Bonchev–Trinajstić information content (AvgIpc) is 2.78. The number of pyridine rings is 1. The lowest BCUT2D eigenvalue weighted by atomic mass is 10.2. The van der Waals surface area contributed by atoms with Crippen LogP contribution in [0, 0.1) is 0 Å². The highest BCUT2D eigenvalue weighted by atomic mass is 16.2. The lowest BCUT2D eigenvalue weighted by Crippen LogP contribution is -2.29. The van der Waals surface area contributed by atoms with E-state index in [2.05, 4.69) is 10.6 Å². The number of rotatable bonds is 6. The van der Waals surface area contributed by atoms with E-state index in [1.165, 1.54) is 4.57 Å². The summed E-state index contributed by atoms with van der Waals surface area (Å²) in [5.74, 6) is -0.425. The summed E-state index contributed by atoms with van der Waals surface area (Å²) in [5.41, 5.74) is 3.30. The fourth-order valence-electron chi connectivity index (χ4n) is 3.14. The Bertz CT molecular complexity index is 1180. The zero-order valence-corrected chi connectivity index (χ0v) is 16.3. The van der Waals surface area contributed by atoms with Gasteiger partial charge in [-0.1, -0.05) is 48.5 Å². The predicted octanol–water partition coefficient (Wildman–Crippen LogP) is 4.89. The van der Waals surface area contributed by atoms with Crippen molar-refractivity contribution in [1.29, 1.82) is 0 Å². The minimum Gasteiger partial charge on any atom is -0.356 e. The zero-order chi connectivity index (χ0) is 20.8. The lowest BCUT2D eigenvalue weighted by molar-refractivity contribution is 0.102. The molecule has 148 valence electrons. The molecular formula is C25H21N3O2. The van der Waals surface area contributed by atoms with Gasteiger partial charge in [-0.05, 0) is 54.1 Å². The molecule has 1 aromatic heterocycles. The van der Waals surface area contributed by atoms with Gasteiger partial charge in [-0.2, -0.15) is 0 Å². The maximum absolute atomic E-state index is 12.8. The molecule has 4 aromatic rings. The van der Waals surface area contributed by atoms with Gasteiger partial charge in [0.1, 0.15) is 5.56 Å². The van der Waals surface area contributed by atoms with Crippen LogP contribution in [0.25, 0.3) is 0 Å². The number of para-hydroxylation sites is 1. The molecule has 0 radical (unpaired) electrons. The van der Waals surface area contributed by atoms with Crippen LogP contribution in [-0.2, 0) is 6.54 Å². The van der Waals surface area contributed by atoms with Gasteiger partial charge in [0.2, 0.25) is 0 Å². The topological polar surface area (TPSA) is 63.1 Å². The number of nitrogens with one attached hydrogen (secondary N) is 2. The molecule has 1 heterocycles. The highest BCUT2D eigenvalue weighted by Crippen LogP contribution is 2.19. The summed E-state index contributed by atoms with van der Waals surface area (Å²) in [6, 6.07) is 30.1. The number of benzene rings is 3. The molecule has 5 heteroatoms. The van der Waals surface area contributed by atoms with Crippen molar-refractivity contribution in [2.45, 2.75) is 6.54 Å². The molecule has 3 aromatic carbocycles. The maximum atomic E-state index is 12.8. The monoisotopic (exact) mass is 395 g/mol. The molecule has 0 unspecified atom stereocenters. The van der Waals surface area contributed by atoms with Crippen LogP contribution in [-0.4, -0.2) is 10.5 Å². The van der Waals surface area contributed by atoms with Crippen molar-refractivity contribution >= 4 is 23.0 Å². The van der Waals surface area contributed by atoms with Gasteiger partial charge < -0.3 is 15.2 Å². The Balaban J connectivity index is 1.46. The molecule has 4 rings (SSSR count). The summed E-state index contributed by atoms with van der Waals surface area (Å²) < 4.78 is 1.54. The molecule has 0 aliphatic rings. The first kappa shape index (κ1) is 19.2. The smallest absolute Gasteiger partial charge is 0.263 e. The largest absolute Gasteiger partial charge is 0.356 e. The third kappa shape index (κ3) is 4.64. The van der Waals surface area contributed by atoms with Crippen LogP contribution < -0.4 is 16.2 Å².